The maximum Gasteiger partial charge on any atom is 0.410 e. The first-order valence-corrected chi connectivity index (χ1v) is 8.37. The molecule has 0 bridgehead atoms. The van der Waals surface area contributed by atoms with Crippen molar-refractivity contribution in [2.24, 2.45) is 0 Å². The Hall–Kier alpha value is -1.76. The quantitative estimate of drug-likeness (QED) is 0.720. The molecule has 0 aliphatic carbocycles. The van der Waals surface area contributed by atoms with E-state index in [-0.39, 0.29) is 6.09 Å². The van der Waals surface area contributed by atoms with Crippen LogP contribution in [0.5, 0.6) is 0 Å². The zero-order chi connectivity index (χ0) is 17.0. The number of hydrogen-bond acceptors (Lipinski definition) is 5. The first kappa shape index (κ1) is 17.6. The van der Waals surface area contributed by atoms with Gasteiger partial charge in [0.05, 0.1) is 15.9 Å². The van der Waals surface area contributed by atoms with E-state index in [4.69, 9.17) is 10.1 Å². The van der Waals surface area contributed by atoms with Gasteiger partial charge in [-0.15, -0.1) is 0 Å². The maximum absolute atomic E-state index is 12.1. The number of nitrogens with one attached hydrogen (secondary N) is 2. The Morgan fingerprint density at radius 2 is 1.96 bits per heavy atom. The molecule has 1 saturated heterocycles. The summed E-state index contributed by atoms with van der Waals surface area (Å²) < 4.78 is 6.11. The minimum Gasteiger partial charge on any atom is -0.444 e. The molecule has 6 nitrogen and oxygen atoms in total. The second-order valence-electron chi connectivity index (χ2n) is 6.41. The van der Waals surface area contributed by atoms with Gasteiger partial charge in [0, 0.05) is 38.6 Å². The van der Waals surface area contributed by atoms with Crippen molar-refractivity contribution in [3.8, 4) is 0 Å². The third-order valence-corrected chi connectivity index (χ3v) is 4.13. The molecule has 0 atom stereocenters. The number of allylic oxidation sites excluding steroid dienone is 3. The summed E-state index contributed by atoms with van der Waals surface area (Å²) in [6, 6.07) is 0. The average molecular weight is 383 g/mol. The minimum atomic E-state index is -0.461. The van der Waals surface area contributed by atoms with Gasteiger partial charge in [-0.1, -0.05) is 0 Å². The van der Waals surface area contributed by atoms with Crippen LogP contribution in [0, 0.1) is 5.41 Å². The van der Waals surface area contributed by atoms with Crippen molar-refractivity contribution < 1.29 is 9.53 Å². The SMILES string of the molecule is CC(C)(C)OC(=O)N1CCN(C2=CN/C(=C(/Br)C=N)C=C2)CC1. The van der Waals surface area contributed by atoms with Gasteiger partial charge < -0.3 is 25.3 Å². The summed E-state index contributed by atoms with van der Waals surface area (Å²) >= 11 is 3.32. The normalized spacial score (nSPS) is 20.6. The zero-order valence-corrected chi connectivity index (χ0v) is 15.3. The van der Waals surface area contributed by atoms with Crippen molar-refractivity contribution in [1.82, 2.24) is 15.1 Å². The van der Waals surface area contributed by atoms with Crippen molar-refractivity contribution in [3.05, 3.63) is 34.2 Å². The second kappa shape index (κ2) is 7.21. The summed E-state index contributed by atoms with van der Waals surface area (Å²) in [4.78, 5) is 16.0. The Bertz CT molecular complexity index is 567. The summed E-state index contributed by atoms with van der Waals surface area (Å²) in [6.45, 7) is 8.45. The van der Waals surface area contributed by atoms with Gasteiger partial charge in [0.15, 0.2) is 0 Å². The van der Waals surface area contributed by atoms with E-state index in [9.17, 15) is 4.79 Å². The number of carbonyl (C=O) groups is 1. The van der Waals surface area contributed by atoms with Crippen molar-refractivity contribution >= 4 is 28.2 Å². The highest BCUT2D eigenvalue weighted by atomic mass is 79.9. The van der Waals surface area contributed by atoms with Gasteiger partial charge in [-0.2, -0.15) is 0 Å². The Kier molecular flexibility index (Phi) is 5.51. The lowest BCUT2D eigenvalue weighted by atomic mass is 10.2. The summed E-state index contributed by atoms with van der Waals surface area (Å²) in [6.07, 6.45) is 6.88. The summed E-state index contributed by atoms with van der Waals surface area (Å²) in [5.74, 6) is 0. The van der Waals surface area contributed by atoms with Crippen molar-refractivity contribution in [2.45, 2.75) is 26.4 Å². The van der Waals surface area contributed by atoms with E-state index in [0.717, 1.165) is 24.5 Å². The van der Waals surface area contributed by atoms with Crippen LogP contribution in [0.4, 0.5) is 4.79 Å². The van der Waals surface area contributed by atoms with Crippen LogP contribution in [0.25, 0.3) is 0 Å². The number of rotatable bonds is 2. The first-order valence-electron chi connectivity index (χ1n) is 7.58. The highest BCUT2D eigenvalue weighted by Crippen LogP contribution is 2.18. The number of nitrogens with zero attached hydrogens (tertiary/aromatic N) is 2. The maximum atomic E-state index is 12.1. The fourth-order valence-corrected chi connectivity index (χ4v) is 2.56. The van der Waals surface area contributed by atoms with E-state index >= 15 is 0 Å². The highest BCUT2D eigenvalue weighted by molar-refractivity contribution is 9.12. The molecule has 0 spiro atoms. The van der Waals surface area contributed by atoms with Crippen LogP contribution in [0.2, 0.25) is 0 Å². The van der Waals surface area contributed by atoms with Crippen LogP contribution >= 0.6 is 15.9 Å². The number of carbonyl (C=O) groups excluding carboxylic acids is 1. The summed E-state index contributed by atoms with van der Waals surface area (Å²) in [5.41, 5.74) is 1.47. The third kappa shape index (κ3) is 4.86. The molecule has 0 aromatic rings. The first-order chi connectivity index (χ1) is 10.8. The fraction of sp³-hybridized carbons (Fsp3) is 0.500. The molecule has 2 heterocycles. The smallest absolute Gasteiger partial charge is 0.410 e. The molecule has 1 fully saturated rings. The van der Waals surface area contributed by atoms with E-state index in [1.54, 1.807) is 4.90 Å². The topological polar surface area (TPSA) is 68.7 Å². The van der Waals surface area contributed by atoms with Gasteiger partial charge in [0.1, 0.15) is 5.60 Å². The fourth-order valence-electron chi connectivity index (χ4n) is 2.31. The molecule has 0 unspecified atom stereocenters. The minimum absolute atomic E-state index is 0.247. The van der Waals surface area contributed by atoms with E-state index < -0.39 is 5.60 Å². The monoisotopic (exact) mass is 382 g/mol. The van der Waals surface area contributed by atoms with Gasteiger partial charge in [0.2, 0.25) is 0 Å². The number of hydrogen-bond donors (Lipinski definition) is 2. The molecule has 0 radical (unpaired) electrons. The Morgan fingerprint density at radius 1 is 1.30 bits per heavy atom. The Labute approximate surface area is 145 Å². The van der Waals surface area contributed by atoms with Crippen LogP contribution in [0.3, 0.4) is 0 Å². The molecular formula is C16H23BrN4O2. The molecule has 1 amide bonds. The van der Waals surface area contributed by atoms with Gasteiger partial charge in [-0.05, 0) is 48.9 Å². The highest BCUT2D eigenvalue weighted by Gasteiger charge is 2.26. The van der Waals surface area contributed by atoms with Gasteiger partial charge in [-0.3, -0.25) is 0 Å². The molecule has 7 heteroatoms. The predicted octanol–water partition coefficient (Wildman–Crippen LogP) is 2.80. The Balaban J connectivity index is 1.89. The van der Waals surface area contributed by atoms with Crippen molar-refractivity contribution in [1.29, 1.82) is 5.41 Å². The summed E-state index contributed by atoms with van der Waals surface area (Å²) in [7, 11) is 0. The van der Waals surface area contributed by atoms with Crippen molar-refractivity contribution in [2.75, 3.05) is 26.2 Å². The lowest BCUT2D eigenvalue weighted by Crippen LogP contribution is -2.49. The molecule has 2 aliphatic heterocycles. The summed E-state index contributed by atoms with van der Waals surface area (Å²) in [5, 5.41) is 10.4. The van der Waals surface area contributed by atoms with Crippen LogP contribution < -0.4 is 5.32 Å². The standard InChI is InChI=1S/C16H23BrN4O2/c1-16(2,3)23-15(22)21-8-6-20(7-9-21)12-4-5-14(19-11-12)13(17)10-18/h4-5,10-11,18-19H,6-9H2,1-3H3/b14-13+,18-10?. The van der Waals surface area contributed by atoms with E-state index in [2.05, 4.69) is 26.1 Å². The number of piperazine rings is 1. The zero-order valence-electron chi connectivity index (χ0n) is 13.7. The number of amides is 1. The molecule has 0 aromatic carbocycles. The Morgan fingerprint density at radius 3 is 2.43 bits per heavy atom. The van der Waals surface area contributed by atoms with Crippen LogP contribution in [0.15, 0.2) is 34.2 Å². The van der Waals surface area contributed by atoms with Crippen LogP contribution in [-0.2, 0) is 4.74 Å². The molecule has 2 N–H and O–H groups in total. The van der Waals surface area contributed by atoms with Gasteiger partial charge in [0.25, 0.3) is 0 Å². The predicted molar refractivity (Wildman–Crippen MR) is 94.5 cm³/mol. The average Bonchev–Trinajstić information content (AvgIpc) is 2.53. The molecular weight excluding hydrogens is 360 g/mol. The van der Waals surface area contributed by atoms with E-state index in [0.29, 0.717) is 17.6 Å². The van der Waals surface area contributed by atoms with E-state index in [1.807, 2.05) is 39.1 Å². The molecule has 0 aromatic heterocycles. The molecule has 2 rings (SSSR count). The van der Waals surface area contributed by atoms with Gasteiger partial charge >= 0.3 is 6.09 Å². The second-order valence-corrected chi connectivity index (χ2v) is 7.26. The lowest BCUT2D eigenvalue weighted by Gasteiger charge is -2.37. The molecule has 2 aliphatic rings. The van der Waals surface area contributed by atoms with Crippen LogP contribution in [-0.4, -0.2) is 53.9 Å². The number of ether oxygens (including phenoxy) is 1. The number of dihydropyridines is 1. The van der Waals surface area contributed by atoms with Gasteiger partial charge in [-0.25, -0.2) is 4.79 Å². The largest absolute Gasteiger partial charge is 0.444 e. The van der Waals surface area contributed by atoms with E-state index in [1.165, 1.54) is 6.21 Å². The molecule has 23 heavy (non-hydrogen) atoms. The number of halogens is 1. The lowest BCUT2D eigenvalue weighted by molar-refractivity contribution is 0.0171. The molecule has 126 valence electrons. The van der Waals surface area contributed by atoms with Crippen LogP contribution in [0.1, 0.15) is 20.8 Å². The van der Waals surface area contributed by atoms with Crippen molar-refractivity contribution in [3.63, 3.8) is 0 Å². The molecule has 0 saturated carbocycles. The third-order valence-electron chi connectivity index (χ3n) is 3.48.